The van der Waals surface area contributed by atoms with Crippen LogP contribution in [0.3, 0.4) is 0 Å². The fraction of sp³-hybridized carbons (Fsp3) is 0.222. The summed E-state index contributed by atoms with van der Waals surface area (Å²) in [5.41, 5.74) is 0.438. The summed E-state index contributed by atoms with van der Waals surface area (Å²) in [7, 11) is 0. The molecular weight excluding hydrogens is 174 g/mol. The smallest absolute Gasteiger partial charge is 0.142 e. The molecule has 2 nitrogen and oxygen atoms in total. The highest BCUT2D eigenvalue weighted by atomic mass is 35.5. The van der Waals surface area contributed by atoms with Crippen LogP contribution in [0.1, 0.15) is 19.4 Å². The van der Waals surface area contributed by atoms with Crippen molar-refractivity contribution in [2.75, 3.05) is 0 Å². The summed E-state index contributed by atoms with van der Waals surface area (Å²) in [5.74, 6) is -0.0285. The number of nitrogens with one attached hydrogen (secondary N) is 1. The van der Waals surface area contributed by atoms with Crippen molar-refractivity contribution in [3.05, 3.63) is 28.8 Å². The second-order valence-corrected chi connectivity index (χ2v) is 2.23. The Balaban J connectivity index is 0.000000561. The van der Waals surface area contributed by atoms with Crippen molar-refractivity contribution < 1.29 is 5.11 Å². The van der Waals surface area contributed by atoms with Gasteiger partial charge in [0.25, 0.3) is 0 Å². The Kier molecular flexibility index (Phi) is 5.13. The van der Waals surface area contributed by atoms with Crippen LogP contribution in [-0.4, -0.2) is 11.3 Å². The fourth-order valence-electron chi connectivity index (χ4n) is 0.648. The van der Waals surface area contributed by atoms with E-state index in [4.69, 9.17) is 22.1 Å². The minimum atomic E-state index is -0.0285. The molecule has 0 spiro atoms. The van der Waals surface area contributed by atoms with Gasteiger partial charge < -0.3 is 10.5 Å². The van der Waals surface area contributed by atoms with Crippen molar-refractivity contribution in [3.8, 4) is 5.75 Å². The second-order valence-electron chi connectivity index (χ2n) is 1.82. The van der Waals surface area contributed by atoms with Crippen molar-refractivity contribution in [2.45, 2.75) is 13.8 Å². The third-order valence-corrected chi connectivity index (χ3v) is 1.48. The minimum Gasteiger partial charge on any atom is -0.506 e. The average molecular weight is 186 g/mol. The predicted octanol–water partition coefficient (Wildman–Crippen LogP) is 3.07. The molecule has 0 aliphatic heterocycles. The van der Waals surface area contributed by atoms with E-state index in [-0.39, 0.29) is 10.8 Å². The first kappa shape index (κ1) is 11.0. The summed E-state index contributed by atoms with van der Waals surface area (Å²) in [6.45, 7) is 4.00. The van der Waals surface area contributed by atoms with Crippen LogP contribution < -0.4 is 0 Å². The van der Waals surface area contributed by atoms with Crippen molar-refractivity contribution in [1.82, 2.24) is 0 Å². The van der Waals surface area contributed by atoms with E-state index in [1.165, 1.54) is 0 Å². The molecule has 1 rings (SSSR count). The van der Waals surface area contributed by atoms with Gasteiger partial charge in [0, 0.05) is 11.8 Å². The lowest BCUT2D eigenvalue weighted by Crippen LogP contribution is -1.79. The van der Waals surface area contributed by atoms with Gasteiger partial charge in [-0.3, -0.25) is 0 Å². The van der Waals surface area contributed by atoms with Gasteiger partial charge in [0.05, 0.1) is 5.02 Å². The molecule has 0 unspecified atom stereocenters. The highest BCUT2D eigenvalue weighted by molar-refractivity contribution is 6.32. The van der Waals surface area contributed by atoms with Crippen LogP contribution in [0.4, 0.5) is 0 Å². The van der Waals surface area contributed by atoms with E-state index in [9.17, 15) is 0 Å². The number of benzene rings is 1. The molecule has 1 aromatic carbocycles. The summed E-state index contributed by atoms with van der Waals surface area (Å²) >= 11 is 5.54. The van der Waals surface area contributed by atoms with Gasteiger partial charge in [0.15, 0.2) is 0 Å². The van der Waals surface area contributed by atoms with Gasteiger partial charge in [-0.05, 0) is 12.1 Å². The van der Waals surface area contributed by atoms with Crippen molar-refractivity contribution in [2.24, 2.45) is 0 Å². The highest BCUT2D eigenvalue weighted by Crippen LogP contribution is 2.24. The molecule has 0 aliphatic rings. The number of halogens is 1. The summed E-state index contributed by atoms with van der Waals surface area (Å²) in [5, 5.41) is 16.2. The first-order valence-electron chi connectivity index (χ1n) is 3.73. The van der Waals surface area contributed by atoms with E-state index in [1.54, 1.807) is 18.2 Å². The van der Waals surface area contributed by atoms with Crippen LogP contribution in [0.15, 0.2) is 18.2 Å². The zero-order valence-corrected chi connectivity index (χ0v) is 7.89. The van der Waals surface area contributed by atoms with E-state index < -0.39 is 0 Å². The van der Waals surface area contributed by atoms with Crippen molar-refractivity contribution >= 4 is 17.8 Å². The minimum absolute atomic E-state index is 0.0285. The van der Waals surface area contributed by atoms with Gasteiger partial charge in [-0.25, -0.2) is 0 Å². The molecule has 0 aliphatic carbocycles. The molecule has 0 fully saturated rings. The van der Waals surface area contributed by atoms with E-state index >= 15 is 0 Å². The number of aromatic hydroxyl groups is 1. The number of phenols is 1. The molecule has 0 amide bonds. The quantitative estimate of drug-likeness (QED) is 0.649. The van der Waals surface area contributed by atoms with E-state index in [1.807, 2.05) is 13.8 Å². The molecule has 0 heterocycles. The predicted molar refractivity (Wildman–Crippen MR) is 52.4 cm³/mol. The van der Waals surface area contributed by atoms with Gasteiger partial charge in [-0.1, -0.05) is 31.5 Å². The summed E-state index contributed by atoms with van der Waals surface area (Å²) < 4.78 is 0. The fourth-order valence-corrected chi connectivity index (χ4v) is 0.830. The number of rotatable bonds is 1. The van der Waals surface area contributed by atoms with Crippen LogP contribution in [0.25, 0.3) is 0 Å². The SMILES string of the molecule is CC.N=Cc1cccc(Cl)c1O. The maximum Gasteiger partial charge on any atom is 0.142 e. The molecule has 2 N–H and O–H groups in total. The Bertz CT molecular complexity index is 261. The Labute approximate surface area is 77.3 Å². The molecule has 0 saturated heterocycles. The third kappa shape index (κ3) is 2.55. The Morgan fingerprint density at radius 2 is 2.00 bits per heavy atom. The van der Waals surface area contributed by atoms with Crippen LogP contribution >= 0.6 is 11.6 Å². The van der Waals surface area contributed by atoms with Crippen LogP contribution in [-0.2, 0) is 0 Å². The molecule has 3 heteroatoms. The molecule has 0 atom stereocenters. The van der Waals surface area contributed by atoms with Gasteiger partial charge in [-0.15, -0.1) is 0 Å². The lowest BCUT2D eigenvalue weighted by atomic mass is 10.2. The molecule has 0 aromatic heterocycles. The lowest BCUT2D eigenvalue weighted by Gasteiger charge is -1.97. The highest BCUT2D eigenvalue weighted by Gasteiger charge is 2.00. The lowest BCUT2D eigenvalue weighted by molar-refractivity contribution is 0.474. The first-order chi connectivity index (χ1) is 5.75. The van der Waals surface area contributed by atoms with Gasteiger partial charge in [0.1, 0.15) is 5.75 Å². The molecular formula is C9H12ClNO. The first-order valence-corrected chi connectivity index (χ1v) is 4.11. The standard InChI is InChI=1S/C7H6ClNO.C2H6/c8-6-3-1-2-5(4-9)7(6)10;1-2/h1-4,9-10H;1-2H3. The normalized spacial score (nSPS) is 8.25. The Morgan fingerprint density at radius 3 is 2.42 bits per heavy atom. The average Bonchev–Trinajstić information content (AvgIpc) is 2.13. The van der Waals surface area contributed by atoms with Crippen LogP contribution in [0.2, 0.25) is 5.02 Å². The van der Waals surface area contributed by atoms with Crippen molar-refractivity contribution in [3.63, 3.8) is 0 Å². The molecule has 0 saturated carbocycles. The third-order valence-electron chi connectivity index (χ3n) is 1.17. The molecule has 66 valence electrons. The maximum atomic E-state index is 9.11. The summed E-state index contributed by atoms with van der Waals surface area (Å²) in [4.78, 5) is 0. The van der Waals surface area contributed by atoms with Gasteiger partial charge in [-0.2, -0.15) is 0 Å². The van der Waals surface area contributed by atoms with E-state index in [2.05, 4.69) is 0 Å². The molecule has 1 aromatic rings. The van der Waals surface area contributed by atoms with E-state index in [0.29, 0.717) is 5.56 Å². The Morgan fingerprint density at radius 1 is 1.42 bits per heavy atom. The number of phenolic OH excluding ortho intramolecular Hbond substituents is 1. The zero-order valence-electron chi connectivity index (χ0n) is 7.13. The largest absolute Gasteiger partial charge is 0.506 e. The number of hydrogen-bond acceptors (Lipinski definition) is 2. The molecule has 0 bridgehead atoms. The number of hydrogen-bond donors (Lipinski definition) is 2. The molecule has 0 radical (unpaired) electrons. The monoisotopic (exact) mass is 185 g/mol. The Hall–Kier alpha value is -1.02. The summed E-state index contributed by atoms with van der Waals surface area (Å²) in [6, 6.07) is 4.88. The summed E-state index contributed by atoms with van der Waals surface area (Å²) in [6.07, 6.45) is 1.06. The maximum absolute atomic E-state index is 9.11. The zero-order chi connectivity index (χ0) is 9.56. The van der Waals surface area contributed by atoms with Gasteiger partial charge >= 0.3 is 0 Å². The molecule has 12 heavy (non-hydrogen) atoms. The van der Waals surface area contributed by atoms with E-state index in [0.717, 1.165) is 6.21 Å². The van der Waals surface area contributed by atoms with Crippen LogP contribution in [0, 0.1) is 5.41 Å². The second kappa shape index (κ2) is 5.61. The van der Waals surface area contributed by atoms with Gasteiger partial charge in [0.2, 0.25) is 0 Å². The van der Waals surface area contributed by atoms with Crippen molar-refractivity contribution in [1.29, 1.82) is 5.41 Å². The number of para-hydroxylation sites is 1. The topological polar surface area (TPSA) is 44.1 Å². The van der Waals surface area contributed by atoms with Crippen LogP contribution in [0.5, 0.6) is 5.75 Å².